The van der Waals surface area contributed by atoms with Gasteiger partial charge in [-0.05, 0) is 43.4 Å². The Labute approximate surface area is 69.4 Å². The molecule has 0 spiro atoms. The van der Waals surface area contributed by atoms with Crippen LogP contribution < -0.4 is 5.73 Å². The van der Waals surface area contributed by atoms with Gasteiger partial charge in [0, 0.05) is 5.54 Å². The van der Waals surface area contributed by atoms with Gasteiger partial charge < -0.3 is 5.73 Å². The monoisotopic (exact) mass is 153 g/mol. The third-order valence-electron chi connectivity index (χ3n) is 4.69. The van der Waals surface area contributed by atoms with Gasteiger partial charge in [-0.25, -0.2) is 0 Å². The Kier molecular flexibility index (Phi) is 1.26. The summed E-state index contributed by atoms with van der Waals surface area (Å²) in [5.41, 5.74) is 6.83. The maximum Gasteiger partial charge on any atom is 0.0208 e. The first-order valence-electron chi connectivity index (χ1n) is 4.75. The Morgan fingerprint density at radius 2 is 1.64 bits per heavy atom. The molecule has 2 saturated carbocycles. The summed E-state index contributed by atoms with van der Waals surface area (Å²) in [6.45, 7) is 6.94. The SMILES string of the molecule is CC1(C)C2CCC(C2)C1(C)N. The van der Waals surface area contributed by atoms with Crippen LogP contribution in [0.25, 0.3) is 0 Å². The molecule has 3 unspecified atom stereocenters. The van der Waals surface area contributed by atoms with Gasteiger partial charge >= 0.3 is 0 Å². The molecule has 2 fully saturated rings. The first-order chi connectivity index (χ1) is 4.96. The van der Waals surface area contributed by atoms with Crippen molar-refractivity contribution in [1.29, 1.82) is 0 Å². The fourth-order valence-electron chi connectivity index (χ4n) is 3.15. The van der Waals surface area contributed by atoms with Crippen LogP contribution in [0.15, 0.2) is 0 Å². The molecule has 0 aromatic heterocycles. The Bertz CT molecular complexity index is 161. The minimum Gasteiger partial charge on any atom is -0.325 e. The molecule has 64 valence electrons. The topological polar surface area (TPSA) is 26.0 Å². The molecule has 0 saturated heterocycles. The molecule has 2 N–H and O–H groups in total. The molecule has 0 heterocycles. The average Bonchev–Trinajstić information content (AvgIpc) is 2.37. The molecule has 0 aromatic rings. The quantitative estimate of drug-likeness (QED) is 0.567. The molecule has 2 bridgehead atoms. The highest BCUT2D eigenvalue weighted by atomic mass is 14.9. The summed E-state index contributed by atoms with van der Waals surface area (Å²) in [5, 5.41) is 0. The molecule has 11 heavy (non-hydrogen) atoms. The van der Waals surface area contributed by atoms with E-state index in [9.17, 15) is 0 Å². The van der Waals surface area contributed by atoms with Crippen molar-refractivity contribution >= 4 is 0 Å². The zero-order valence-corrected chi connectivity index (χ0v) is 7.85. The lowest BCUT2D eigenvalue weighted by Gasteiger charge is -2.45. The van der Waals surface area contributed by atoms with E-state index in [2.05, 4.69) is 20.8 Å². The van der Waals surface area contributed by atoms with E-state index in [1.54, 1.807) is 0 Å². The first-order valence-corrected chi connectivity index (χ1v) is 4.75. The highest BCUT2D eigenvalue weighted by Crippen LogP contribution is 2.59. The second-order valence-electron chi connectivity index (χ2n) is 5.21. The number of hydrogen-bond acceptors (Lipinski definition) is 1. The van der Waals surface area contributed by atoms with Crippen LogP contribution in [0, 0.1) is 17.3 Å². The van der Waals surface area contributed by atoms with Gasteiger partial charge in [0.25, 0.3) is 0 Å². The van der Waals surface area contributed by atoms with Crippen LogP contribution in [0.5, 0.6) is 0 Å². The Morgan fingerprint density at radius 3 is 1.91 bits per heavy atom. The number of nitrogens with two attached hydrogens (primary N) is 1. The lowest BCUT2D eigenvalue weighted by molar-refractivity contribution is 0.102. The molecule has 0 aliphatic heterocycles. The van der Waals surface area contributed by atoms with Crippen molar-refractivity contribution in [3.8, 4) is 0 Å². The number of rotatable bonds is 0. The smallest absolute Gasteiger partial charge is 0.0208 e. The van der Waals surface area contributed by atoms with Gasteiger partial charge in [-0.15, -0.1) is 0 Å². The molecule has 1 heteroatoms. The van der Waals surface area contributed by atoms with E-state index in [1.807, 2.05) is 0 Å². The van der Waals surface area contributed by atoms with E-state index >= 15 is 0 Å². The summed E-state index contributed by atoms with van der Waals surface area (Å²) >= 11 is 0. The minimum atomic E-state index is 0.107. The fourth-order valence-corrected chi connectivity index (χ4v) is 3.15. The van der Waals surface area contributed by atoms with E-state index in [1.165, 1.54) is 19.3 Å². The molecule has 3 atom stereocenters. The summed E-state index contributed by atoms with van der Waals surface area (Å²) in [6, 6.07) is 0. The third kappa shape index (κ3) is 0.703. The highest BCUT2D eigenvalue weighted by molar-refractivity contribution is 5.12. The Balaban J connectivity index is 2.36. The molecule has 2 aliphatic rings. The van der Waals surface area contributed by atoms with Crippen LogP contribution in [-0.2, 0) is 0 Å². The predicted molar refractivity (Wildman–Crippen MR) is 47.2 cm³/mol. The zero-order valence-electron chi connectivity index (χ0n) is 7.85. The summed E-state index contributed by atoms with van der Waals surface area (Å²) in [5.74, 6) is 1.71. The van der Waals surface area contributed by atoms with Gasteiger partial charge in [0.15, 0.2) is 0 Å². The average molecular weight is 153 g/mol. The third-order valence-corrected chi connectivity index (χ3v) is 4.69. The maximum atomic E-state index is 6.34. The zero-order chi connectivity index (χ0) is 8.28. The molecule has 0 aromatic carbocycles. The summed E-state index contributed by atoms with van der Waals surface area (Å²) in [7, 11) is 0. The van der Waals surface area contributed by atoms with Gasteiger partial charge in [0.1, 0.15) is 0 Å². The van der Waals surface area contributed by atoms with Crippen LogP contribution in [0.2, 0.25) is 0 Å². The Morgan fingerprint density at radius 1 is 1.09 bits per heavy atom. The first kappa shape index (κ1) is 7.60. The highest BCUT2D eigenvalue weighted by Gasteiger charge is 2.58. The molecule has 2 aliphatic carbocycles. The fraction of sp³-hybridized carbons (Fsp3) is 1.00. The molecule has 0 amide bonds. The van der Waals surface area contributed by atoms with Crippen molar-refractivity contribution in [2.75, 3.05) is 0 Å². The van der Waals surface area contributed by atoms with Crippen LogP contribution in [0.4, 0.5) is 0 Å². The second-order valence-corrected chi connectivity index (χ2v) is 5.21. The maximum absolute atomic E-state index is 6.34. The van der Waals surface area contributed by atoms with Crippen molar-refractivity contribution in [1.82, 2.24) is 0 Å². The second kappa shape index (κ2) is 1.82. The van der Waals surface area contributed by atoms with E-state index in [4.69, 9.17) is 5.73 Å². The van der Waals surface area contributed by atoms with E-state index in [-0.39, 0.29) is 5.54 Å². The number of fused-ring (bicyclic) bond motifs is 2. The molecule has 1 nitrogen and oxygen atoms in total. The van der Waals surface area contributed by atoms with Crippen molar-refractivity contribution in [2.45, 2.75) is 45.6 Å². The summed E-state index contributed by atoms with van der Waals surface area (Å²) in [6.07, 6.45) is 4.19. The lowest BCUT2D eigenvalue weighted by atomic mass is 9.65. The van der Waals surface area contributed by atoms with Crippen molar-refractivity contribution in [3.05, 3.63) is 0 Å². The van der Waals surface area contributed by atoms with Crippen molar-refractivity contribution in [3.63, 3.8) is 0 Å². The van der Waals surface area contributed by atoms with Crippen LogP contribution >= 0.6 is 0 Å². The molecule has 2 rings (SSSR count). The van der Waals surface area contributed by atoms with Crippen molar-refractivity contribution < 1.29 is 0 Å². The van der Waals surface area contributed by atoms with Gasteiger partial charge in [0.05, 0.1) is 0 Å². The Hall–Kier alpha value is -0.0400. The van der Waals surface area contributed by atoms with Crippen LogP contribution in [0.1, 0.15) is 40.0 Å². The van der Waals surface area contributed by atoms with Gasteiger partial charge in [-0.1, -0.05) is 13.8 Å². The van der Waals surface area contributed by atoms with Crippen molar-refractivity contribution in [2.24, 2.45) is 23.0 Å². The van der Waals surface area contributed by atoms with E-state index in [0.717, 1.165) is 11.8 Å². The molecular weight excluding hydrogens is 134 g/mol. The standard InChI is InChI=1S/C10H19N/c1-9(2)7-4-5-8(6-7)10(9,3)11/h7-8H,4-6,11H2,1-3H3. The van der Waals surface area contributed by atoms with E-state index in [0.29, 0.717) is 5.41 Å². The van der Waals surface area contributed by atoms with E-state index < -0.39 is 0 Å². The molecule has 0 radical (unpaired) electrons. The predicted octanol–water partition coefficient (Wildman–Crippen LogP) is 2.16. The molecular formula is C10H19N. The normalized spacial score (nSPS) is 53.5. The van der Waals surface area contributed by atoms with Gasteiger partial charge in [0.2, 0.25) is 0 Å². The number of hydrogen-bond donors (Lipinski definition) is 1. The summed E-state index contributed by atoms with van der Waals surface area (Å²) in [4.78, 5) is 0. The summed E-state index contributed by atoms with van der Waals surface area (Å²) < 4.78 is 0. The van der Waals surface area contributed by atoms with Crippen LogP contribution in [-0.4, -0.2) is 5.54 Å². The van der Waals surface area contributed by atoms with Crippen LogP contribution in [0.3, 0.4) is 0 Å². The lowest BCUT2D eigenvalue weighted by Crippen LogP contribution is -2.54. The minimum absolute atomic E-state index is 0.107. The van der Waals surface area contributed by atoms with Gasteiger partial charge in [-0.3, -0.25) is 0 Å². The van der Waals surface area contributed by atoms with Gasteiger partial charge in [-0.2, -0.15) is 0 Å². The largest absolute Gasteiger partial charge is 0.325 e.